The molecular weight excluding hydrogens is 253 g/mol. The molecule has 1 aliphatic rings. The molecule has 1 atom stereocenters. The predicted octanol–water partition coefficient (Wildman–Crippen LogP) is 3.49. The summed E-state index contributed by atoms with van der Waals surface area (Å²) in [4.78, 5) is 2.44. The molecule has 0 spiro atoms. The second kappa shape index (κ2) is 5.75. The first-order chi connectivity index (χ1) is 9.74. The number of likely N-dealkylation sites (tertiary alicyclic amines) is 1. The van der Waals surface area contributed by atoms with Crippen LogP contribution in [0.15, 0.2) is 36.7 Å². The van der Waals surface area contributed by atoms with Gasteiger partial charge in [0.2, 0.25) is 0 Å². The van der Waals surface area contributed by atoms with E-state index in [1.165, 1.54) is 11.6 Å². The van der Waals surface area contributed by atoms with Crippen molar-refractivity contribution < 1.29 is 4.39 Å². The zero-order chi connectivity index (χ0) is 13.9. The third kappa shape index (κ3) is 2.75. The van der Waals surface area contributed by atoms with Crippen molar-refractivity contribution in [1.82, 2.24) is 15.1 Å². The maximum atomic E-state index is 13.3. The van der Waals surface area contributed by atoms with Gasteiger partial charge in [0.15, 0.2) is 0 Å². The monoisotopic (exact) mass is 273 g/mol. The summed E-state index contributed by atoms with van der Waals surface area (Å²) in [6.07, 6.45) is 6.20. The van der Waals surface area contributed by atoms with Crippen molar-refractivity contribution in [3.8, 4) is 0 Å². The van der Waals surface area contributed by atoms with Gasteiger partial charge >= 0.3 is 0 Å². The van der Waals surface area contributed by atoms with Crippen LogP contribution in [0.5, 0.6) is 0 Å². The lowest BCUT2D eigenvalue weighted by Gasteiger charge is -2.36. The van der Waals surface area contributed by atoms with Crippen molar-refractivity contribution in [1.29, 1.82) is 0 Å². The lowest BCUT2D eigenvalue weighted by molar-refractivity contribution is 0.162. The van der Waals surface area contributed by atoms with E-state index in [0.717, 1.165) is 31.5 Å². The molecular formula is C16H20FN3. The Hall–Kier alpha value is -1.68. The first-order valence-electron chi connectivity index (χ1n) is 7.22. The first-order valence-corrected chi connectivity index (χ1v) is 7.22. The summed E-state index contributed by atoms with van der Waals surface area (Å²) < 4.78 is 13.3. The molecule has 1 aromatic carbocycles. The van der Waals surface area contributed by atoms with Gasteiger partial charge in [0.1, 0.15) is 5.82 Å². The van der Waals surface area contributed by atoms with Gasteiger partial charge in [0.05, 0.1) is 6.20 Å². The van der Waals surface area contributed by atoms with Gasteiger partial charge in [-0.15, -0.1) is 0 Å². The van der Waals surface area contributed by atoms with Crippen molar-refractivity contribution in [2.45, 2.75) is 31.7 Å². The van der Waals surface area contributed by atoms with Crippen LogP contribution in [-0.4, -0.2) is 28.2 Å². The summed E-state index contributed by atoms with van der Waals surface area (Å²) in [6, 6.07) is 7.22. The van der Waals surface area contributed by atoms with Crippen molar-refractivity contribution >= 4 is 0 Å². The minimum absolute atomic E-state index is 0.150. The van der Waals surface area contributed by atoms with E-state index in [4.69, 9.17) is 0 Å². The van der Waals surface area contributed by atoms with Gasteiger partial charge < -0.3 is 0 Å². The van der Waals surface area contributed by atoms with Crippen LogP contribution >= 0.6 is 0 Å². The zero-order valence-corrected chi connectivity index (χ0v) is 11.7. The molecule has 1 fully saturated rings. The van der Waals surface area contributed by atoms with Gasteiger partial charge in [-0.25, -0.2) is 4.39 Å². The molecule has 20 heavy (non-hydrogen) atoms. The highest BCUT2D eigenvalue weighted by atomic mass is 19.1. The minimum Gasteiger partial charge on any atom is -0.297 e. The van der Waals surface area contributed by atoms with E-state index in [-0.39, 0.29) is 11.9 Å². The quantitative estimate of drug-likeness (QED) is 0.928. The summed E-state index contributed by atoms with van der Waals surface area (Å²) in [5.74, 6) is 0.451. The van der Waals surface area contributed by atoms with Crippen molar-refractivity contribution in [2.24, 2.45) is 0 Å². The van der Waals surface area contributed by atoms with E-state index in [1.807, 2.05) is 18.5 Å². The Morgan fingerprint density at radius 1 is 1.35 bits per heavy atom. The van der Waals surface area contributed by atoms with Crippen LogP contribution in [0.25, 0.3) is 0 Å². The molecule has 0 saturated carbocycles. The molecule has 2 heterocycles. The normalized spacial score (nSPS) is 19.1. The van der Waals surface area contributed by atoms with Crippen LogP contribution in [0.2, 0.25) is 0 Å². The standard InChI is InChI=1S/C16H20FN3/c1-12(14-3-2-4-16(17)9-14)20-7-5-13(6-8-20)15-10-18-19-11-15/h2-4,9-13H,5-8H2,1H3,(H,18,19)/t12-/m0/s1. The molecule has 1 aromatic heterocycles. The van der Waals surface area contributed by atoms with Gasteiger partial charge in [-0.3, -0.25) is 10.00 Å². The number of halogens is 1. The van der Waals surface area contributed by atoms with E-state index in [2.05, 4.69) is 22.0 Å². The van der Waals surface area contributed by atoms with Gasteiger partial charge in [-0.05, 0) is 62.0 Å². The fourth-order valence-corrected chi connectivity index (χ4v) is 3.08. The van der Waals surface area contributed by atoms with Crippen molar-refractivity contribution in [2.75, 3.05) is 13.1 Å². The van der Waals surface area contributed by atoms with Crippen molar-refractivity contribution in [3.63, 3.8) is 0 Å². The van der Waals surface area contributed by atoms with Gasteiger partial charge in [0.25, 0.3) is 0 Å². The van der Waals surface area contributed by atoms with Crippen LogP contribution in [0.3, 0.4) is 0 Å². The third-order valence-corrected chi connectivity index (χ3v) is 4.40. The molecule has 0 radical (unpaired) electrons. The van der Waals surface area contributed by atoms with Crippen LogP contribution in [-0.2, 0) is 0 Å². The molecule has 0 amide bonds. The van der Waals surface area contributed by atoms with E-state index < -0.39 is 0 Å². The number of rotatable bonds is 3. The Bertz CT molecular complexity index is 545. The Labute approximate surface area is 118 Å². The molecule has 0 bridgehead atoms. The Morgan fingerprint density at radius 2 is 2.15 bits per heavy atom. The molecule has 0 unspecified atom stereocenters. The largest absolute Gasteiger partial charge is 0.297 e. The molecule has 1 saturated heterocycles. The van der Waals surface area contributed by atoms with E-state index >= 15 is 0 Å². The maximum Gasteiger partial charge on any atom is 0.123 e. The van der Waals surface area contributed by atoms with Gasteiger partial charge in [-0.2, -0.15) is 5.10 Å². The first kappa shape index (κ1) is 13.3. The Balaban J connectivity index is 1.63. The number of piperidine rings is 1. The summed E-state index contributed by atoms with van der Waals surface area (Å²) in [5.41, 5.74) is 2.37. The smallest absolute Gasteiger partial charge is 0.123 e. The van der Waals surface area contributed by atoms with Crippen molar-refractivity contribution in [3.05, 3.63) is 53.6 Å². The molecule has 3 nitrogen and oxygen atoms in total. The fourth-order valence-electron chi connectivity index (χ4n) is 3.08. The highest BCUT2D eigenvalue weighted by molar-refractivity contribution is 5.20. The van der Waals surface area contributed by atoms with E-state index in [0.29, 0.717) is 5.92 Å². The number of nitrogens with zero attached hydrogens (tertiary/aromatic N) is 2. The molecule has 1 aliphatic heterocycles. The van der Waals surface area contributed by atoms with E-state index in [9.17, 15) is 4.39 Å². The Kier molecular flexibility index (Phi) is 3.83. The molecule has 0 aliphatic carbocycles. The molecule has 4 heteroatoms. The number of nitrogens with one attached hydrogen (secondary N) is 1. The molecule has 3 rings (SSSR count). The van der Waals surface area contributed by atoms with Gasteiger partial charge in [0, 0.05) is 12.2 Å². The summed E-state index contributed by atoms with van der Waals surface area (Å²) >= 11 is 0. The number of aromatic amines is 1. The van der Waals surface area contributed by atoms with Crippen LogP contribution in [0.1, 0.15) is 42.9 Å². The summed E-state index contributed by atoms with van der Waals surface area (Å²) in [7, 11) is 0. The average Bonchev–Trinajstić information content (AvgIpc) is 3.01. The second-order valence-electron chi connectivity index (χ2n) is 5.57. The predicted molar refractivity (Wildman–Crippen MR) is 77.0 cm³/mol. The Morgan fingerprint density at radius 3 is 2.80 bits per heavy atom. The number of H-pyrrole nitrogens is 1. The van der Waals surface area contributed by atoms with Gasteiger partial charge in [-0.1, -0.05) is 12.1 Å². The topological polar surface area (TPSA) is 31.9 Å². The highest BCUT2D eigenvalue weighted by Gasteiger charge is 2.24. The lowest BCUT2D eigenvalue weighted by Crippen LogP contribution is -2.35. The fraction of sp³-hybridized carbons (Fsp3) is 0.438. The highest BCUT2D eigenvalue weighted by Crippen LogP contribution is 2.31. The van der Waals surface area contributed by atoms with Crippen LogP contribution in [0, 0.1) is 5.82 Å². The minimum atomic E-state index is -0.150. The van der Waals surface area contributed by atoms with Crippen LogP contribution < -0.4 is 0 Å². The average molecular weight is 273 g/mol. The summed E-state index contributed by atoms with van der Waals surface area (Å²) in [6.45, 7) is 4.26. The number of hydrogen-bond donors (Lipinski definition) is 1. The molecule has 1 N–H and O–H groups in total. The second-order valence-corrected chi connectivity index (χ2v) is 5.57. The zero-order valence-electron chi connectivity index (χ0n) is 11.7. The third-order valence-electron chi connectivity index (χ3n) is 4.40. The molecule has 2 aromatic rings. The maximum absolute atomic E-state index is 13.3. The number of benzene rings is 1. The number of hydrogen-bond acceptors (Lipinski definition) is 2. The van der Waals surface area contributed by atoms with E-state index in [1.54, 1.807) is 12.1 Å². The van der Waals surface area contributed by atoms with Crippen LogP contribution in [0.4, 0.5) is 4.39 Å². The number of aromatic nitrogens is 2. The summed E-state index contributed by atoms with van der Waals surface area (Å²) in [5, 5.41) is 6.92. The molecule has 106 valence electrons. The lowest BCUT2D eigenvalue weighted by atomic mass is 9.90. The SMILES string of the molecule is C[C@@H](c1cccc(F)c1)N1CCC(c2cn[nH]c2)CC1.